The number of anilines is 2. The van der Waals surface area contributed by atoms with Gasteiger partial charge in [-0.2, -0.15) is 0 Å². The van der Waals surface area contributed by atoms with Crippen molar-refractivity contribution in [1.82, 2.24) is 10.2 Å². The number of hydrogen-bond donors (Lipinski definition) is 3. The van der Waals surface area contributed by atoms with Crippen molar-refractivity contribution in [2.75, 3.05) is 16.8 Å². The van der Waals surface area contributed by atoms with Crippen LogP contribution in [0.3, 0.4) is 0 Å². The summed E-state index contributed by atoms with van der Waals surface area (Å²) in [6, 6.07) is 14.1. The van der Waals surface area contributed by atoms with Crippen molar-refractivity contribution in [3.8, 4) is 5.75 Å². The lowest BCUT2D eigenvalue weighted by Gasteiger charge is -2.28. The van der Waals surface area contributed by atoms with E-state index in [0.29, 0.717) is 34.8 Å². The molecule has 0 unspecified atom stereocenters. The van der Waals surface area contributed by atoms with Gasteiger partial charge < -0.3 is 15.0 Å². The molecule has 1 aromatic heterocycles. The third-order valence-electron chi connectivity index (χ3n) is 6.68. The number of nitrogens with one attached hydrogen (secondary N) is 3. The zero-order valence-corrected chi connectivity index (χ0v) is 20.8. The number of hydrogen-bond acceptors (Lipinski definition) is 6. The second kappa shape index (κ2) is 9.46. The minimum absolute atomic E-state index is 0.0469. The zero-order chi connectivity index (χ0) is 27.1. The number of ketones is 2. The number of rotatable bonds is 2. The molecule has 9 heteroatoms. The van der Waals surface area contributed by atoms with Gasteiger partial charge in [0.05, 0.1) is 27.5 Å². The largest absolute Gasteiger partial charge is 0.454 e. The van der Waals surface area contributed by atoms with Crippen LogP contribution < -0.4 is 31.1 Å². The molecule has 6 rings (SSSR count). The van der Waals surface area contributed by atoms with E-state index in [1.54, 1.807) is 60.8 Å². The molecular weight excluding hydrogens is 496 g/mol. The Morgan fingerprint density at radius 1 is 0.923 bits per heavy atom. The highest BCUT2D eigenvalue weighted by atomic mass is 16.5. The Bertz CT molecular complexity index is 1880. The maximum absolute atomic E-state index is 13.5. The smallest absolute Gasteiger partial charge is 0.271 e. The van der Waals surface area contributed by atoms with Gasteiger partial charge in [-0.3, -0.25) is 29.4 Å². The summed E-state index contributed by atoms with van der Waals surface area (Å²) in [6.45, 7) is 2.15. The third kappa shape index (κ3) is 3.97. The van der Waals surface area contributed by atoms with Gasteiger partial charge in [0.1, 0.15) is 11.3 Å². The molecule has 2 aromatic carbocycles. The van der Waals surface area contributed by atoms with Crippen molar-refractivity contribution in [2.24, 2.45) is 0 Å². The number of allylic oxidation sites excluding steroid dienone is 6. The van der Waals surface area contributed by atoms with Crippen LogP contribution in [0.1, 0.15) is 17.3 Å². The molecule has 0 fully saturated rings. The fourth-order valence-corrected chi connectivity index (χ4v) is 4.81. The average Bonchev–Trinajstić information content (AvgIpc) is 3.19. The molecule has 192 valence electrons. The number of amides is 1. The lowest BCUT2D eigenvalue weighted by Crippen LogP contribution is -2.45. The quantitative estimate of drug-likeness (QED) is 0.447. The van der Waals surface area contributed by atoms with Crippen molar-refractivity contribution in [3.63, 3.8) is 0 Å². The van der Waals surface area contributed by atoms with Gasteiger partial charge in [-0.1, -0.05) is 36.4 Å². The molecule has 0 saturated carbocycles. The molecule has 0 atom stereocenters. The van der Waals surface area contributed by atoms with Crippen LogP contribution >= 0.6 is 0 Å². The van der Waals surface area contributed by atoms with Crippen LogP contribution in [0.5, 0.6) is 5.75 Å². The summed E-state index contributed by atoms with van der Waals surface area (Å²) < 4.78 is 6.22. The van der Waals surface area contributed by atoms with Crippen LogP contribution in [-0.2, 0) is 9.59 Å². The van der Waals surface area contributed by atoms with Crippen molar-refractivity contribution in [2.45, 2.75) is 6.92 Å². The highest BCUT2D eigenvalue weighted by Crippen LogP contribution is 2.34. The Kier molecular flexibility index (Phi) is 5.80. The van der Waals surface area contributed by atoms with Crippen LogP contribution in [0.15, 0.2) is 101 Å². The van der Waals surface area contributed by atoms with Gasteiger partial charge in [-0.15, -0.1) is 0 Å². The van der Waals surface area contributed by atoms with Crippen molar-refractivity contribution in [1.29, 1.82) is 0 Å². The summed E-state index contributed by atoms with van der Waals surface area (Å²) in [4.78, 5) is 54.4. The van der Waals surface area contributed by atoms with E-state index in [9.17, 15) is 19.2 Å². The summed E-state index contributed by atoms with van der Waals surface area (Å²) in [5, 5.41) is 8.50. The Hall–Kier alpha value is -5.44. The Morgan fingerprint density at radius 2 is 1.69 bits per heavy atom. The maximum Gasteiger partial charge on any atom is 0.271 e. The Morgan fingerprint density at radius 3 is 2.51 bits per heavy atom. The molecular formula is C30H22N4O5. The SMILES string of the molecule is CCN1C(=O)/C(=c2/[nH][nH]c(=O)/c2=C\C2=CNc3ccccc3O/C2=C2/C=CC=CC2=O)C(=O)c2ccccc21. The number of para-hydroxylation sites is 3. The molecule has 0 radical (unpaired) electrons. The van der Waals surface area contributed by atoms with Crippen LogP contribution in [0.4, 0.5) is 11.4 Å². The molecule has 3 aromatic rings. The summed E-state index contributed by atoms with van der Waals surface area (Å²) in [5.74, 6) is -0.568. The fourth-order valence-electron chi connectivity index (χ4n) is 4.81. The van der Waals surface area contributed by atoms with Gasteiger partial charge in [0, 0.05) is 23.9 Å². The first kappa shape index (κ1) is 23.9. The first-order chi connectivity index (χ1) is 19.0. The predicted octanol–water partition coefficient (Wildman–Crippen LogP) is 2.22. The van der Waals surface area contributed by atoms with Crippen molar-refractivity contribution in [3.05, 3.63) is 122 Å². The number of aromatic nitrogens is 2. The van der Waals surface area contributed by atoms with E-state index >= 15 is 0 Å². The number of Topliss-reactive ketones (excluding diaryl/α,β-unsaturated/α-hetero) is 1. The number of nitrogens with zero attached hydrogens (tertiary/aromatic N) is 1. The van der Waals surface area contributed by atoms with E-state index in [0.717, 1.165) is 0 Å². The monoisotopic (exact) mass is 518 g/mol. The molecule has 1 amide bonds. The minimum atomic E-state index is -0.544. The van der Waals surface area contributed by atoms with Crippen molar-refractivity contribution < 1.29 is 19.1 Å². The molecule has 3 N–H and O–H groups in total. The first-order valence-electron chi connectivity index (χ1n) is 12.3. The summed E-state index contributed by atoms with van der Waals surface area (Å²) in [6.07, 6.45) is 9.52. The van der Waals surface area contributed by atoms with Crippen molar-refractivity contribution >= 4 is 40.5 Å². The summed E-state index contributed by atoms with van der Waals surface area (Å²) in [7, 11) is 0. The number of fused-ring (bicyclic) bond motifs is 2. The van der Waals surface area contributed by atoms with E-state index in [-0.39, 0.29) is 33.3 Å². The van der Waals surface area contributed by atoms with Gasteiger partial charge in [0.2, 0.25) is 5.78 Å². The molecule has 0 spiro atoms. The van der Waals surface area contributed by atoms with Gasteiger partial charge in [0.15, 0.2) is 11.5 Å². The van der Waals surface area contributed by atoms with E-state index in [4.69, 9.17) is 4.74 Å². The molecule has 0 saturated heterocycles. The van der Waals surface area contributed by atoms with Gasteiger partial charge in [-0.25, -0.2) is 0 Å². The second-order valence-electron chi connectivity index (χ2n) is 8.95. The molecule has 3 aliphatic rings. The van der Waals surface area contributed by atoms with E-state index in [1.807, 2.05) is 19.1 Å². The predicted molar refractivity (Wildman–Crippen MR) is 146 cm³/mol. The Balaban J connectivity index is 1.61. The number of aromatic amines is 2. The maximum atomic E-state index is 13.5. The third-order valence-corrected chi connectivity index (χ3v) is 6.68. The highest BCUT2D eigenvalue weighted by molar-refractivity contribution is 6.51. The van der Waals surface area contributed by atoms with Gasteiger partial charge in [0.25, 0.3) is 11.5 Å². The van der Waals surface area contributed by atoms with E-state index < -0.39 is 17.2 Å². The number of H-pyrrole nitrogens is 2. The number of benzene rings is 2. The molecule has 1 aliphatic carbocycles. The topological polar surface area (TPSA) is 124 Å². The molecule has 0 bridgehead atoms. The number of carbonyl (C=O) groups is 3. The molecule has 3 heterocycles. The van der Waals surface area contributed by atoms with Crippen LogP contribution in [0.2, 0.25) is 0 Å². The second-order valence-corrected chi connectivity index (χ2v) is 8.95. The average molecular weight is 519 g/mol. The van der Waals surface area contributed by atoms with Crippen LogP contribution in [0, 0.1) is 0 Å². The van der Waals surface area contributed by atoms with Crippen LogP contribution in [-0.4, -0.2) is 34.2 Å². The first-order valence-corrected chi connectivity index (χ1v) is 12.3. The minimum Gasteiger partial charge on any atom is -0.454 e. The molecule has 2 aliphatic heterocycles. The standard InChI is InChI=1S/C30H22N4O5/c1-2-34-22-12-6-3-9-18(22)27(36)25(30(34)38)26-20(29(37)33-32-26)15-17-16-31-21-11-5-8-14-24(21)39-28(17)19-10-4-7-13-23(19)35/h3-16,31-32H,2H2,1H3,(H,33,37)/b20-15-,26-25+,28-19-. The summed E-state index contributed by atoms with van der Waals surface area (Å²) >= 11 is 0. The lowest BCUT2D eigenvalue weighted by molar-refractivity contribution is -0.113. The lowest BCUT2D eigenvalue weighted by atomic mass is 9.94. The van der Waals surface area contributed by atoms with E-state index in [2.05, 4.69) is 15.5 Å². The van der Waals surface area contributed by atoms with Gasteiger partial charge in [-0.05, 0) is 49.4 Å². The summed E-state index contributed by atoms with van der Waals surface area (Å²) in [5.41, 5.74) is 1.50. The molecule has 39 heavy (non-hydrogen) atoms. The van der Waals surface area contributed by atoms with Gasteiger partial charge >= 0.3 is 0 Å². The zero-order valence-electron chi connectivity index (χ0n) is 20.8. The highest BCUT2D eigenvalue weighted by Gasteiger charge is 2.35. The number of ether oxygens (including phenoxy) is 1. The fraction of sp³-hybridized carbons (Fsp3) is 0.0667. The number of carbonyl (C=O) groups excluding carboxylic acids is 3. The normalized spacial score (nSPS) is 20.2. The van der Waals surface area contributed by atoms with Crippen LogP contribution in [0.25, 0.3) is 11.6 Å². The van der Waals surface area contributed by atoms with E-state index in [1.165, 1.54) is 17.1 Å². The molecule has 9 nitrogen and oxygen atoms in total. The Labute approximate surface area is 221 Å².